The van der Waals surface area contributed by atoms with Gasteiger partial charge in [0, 0.05) is 31.7 Å². The molecule has 1 aromatic heterocycles. The lowest BCUT2D eigenvalue weighted by atomic mass is 10.0. The van der Waals surface area contributed by atoms with Gasteiger partial charge < -0.3 is 4.74 Å². The van der Waals surface area contributed by atoms with Crippen molar-refractivity contribution in [2.24, 2.45) is 11.8 Å². The van der Waals surface area contributed by atoms with E-state index in [1.165, 1.54) is 30.3 Å². The number of benzene rings is 2. The largest absolute Gasteiger partial charge is 0.418 e. The molecule has 0 saturated carbocycles. The number of sulfonamides is 1. The molecule has 0 spiro atoms. The fourth-order valence-electron chi connectivity index (χ4n) is 4.26. The number of aromatic nitrogens is 2. The third-order valence-corrected chi connectivity index (χ3v) is 7.76. The minimum absolute atomic E-state index is 0.0664. The molecule has 10 heteroatoms. The Balaban J connectivity index is 1.72. The SMILES string of the molecule is CC(C)CN(c1ccccc1C(F)(F)F)S(=O)(=O)c1ccc2c(cnn2CC2CCOCC2)c1. The van der Waals surface area contributed by atoms with Gasteiger partial charge in [-0.2, -0.15) is 18.3 Å². The van der Waals surface area contributed by atoms with Gasteiger partial charge in [0.15, 0.2) is 0 Å². The Morgan fingerprint density at radius 1 is 1.15 bits per heavy atom. The lowest BCUT2D eigenvalue weighted by Gasteiger charge is -2.28. The van der Waals surface area contributed by atoms with Gasteiger partial charge in [0.25, 0.3) is 10.0 Å². The fourth-order valence-corrected chi connectivity index (χ4v) is 5.94. The lowest BCUT2D eigenvalue weighted by molar-refractivity contribution is -0.137. The van der Waals surface area contributed by atoms with Crippen molar-refractivity contribution in [3.63, 3.8) is 0 Å². The smallest absolute Gasteiger partial charge is 0.381 e. The van der Waals surface area contributed by atoms with Crippen molar-refractivity contribution in [1.82, 2.24) is 9.78 Å². The molecule has 1 fully saturated rings. The first-order chi connectivity index (χ1) is 16.1. The third kappa shape index (κ3) is 5.07. The molecule has 0 N–H and O–H groups in total. The average Bonchev–Trinajstić information content (AvgIpc) is 3.19. The Labute approximate surface area is 197 Å². The van der Waals surface area contributed by atoms with Crippen molar-refractivity contribution in [1.29, 1.82) is 0 Å². The molecule has 1 aliphatic rings. The zero-order valence-corrected chi connectivity index (χ0v) is 19.9. The predicted octanol–water partition coefficient (Wildman–Crippen LogP) is 5.33. The summed E-state index contributed by atoms with van der Waals surface area (Å²) in [7, 11) is -4.26. The average molecular weight is 496 g/mol. The molecule has 0 amide bonds. The number of anilines is 1. The Bertz CT molecular complexity index is 1250. The second kappa shape index (κ2) is 9.58. The zero-order chi connectivity index (χ0) is 24.5. The molecule has 34 heavy (non-hydrogen) atoms. The molecule has 4 rings (SSSR count). The fraction of sp³-hybridized carbons (Fsp3) is 0.458. The van der Waals surface area contributed by atoms with Crippen LogP contribution < -0.4 is 4.31 Å². The van der Waals surface area contributed by atoms with Crippen LogP contribution in [0, 0.1) is 11.8 Å². The second-order valence-corrected chi connectivity index (χ2v) is 10.9. The van der Waals surface area contributed by atoms with Gasteiger partial charge in [0.1, 0.15) is 0 Å². The van der Waals surface area contributed by atoms with E-state index < -0.39 is 21.8 Å². The summed E-state index contributed by atoms with van der Waals surface area (Å²) in [6.07, 6.45) is -1.20. The van der Waals surface area contributed by atoms with Gasteiger partial charge in [-0.1, -0.05) is 26.0 Å². The Hall–Kier alpha value is -2.59. The molecular formula is C24H28F3N3O3S. The van der Waals surface area contributed by atoms with Gasteiger partial charge in [0.2, 0.25) is 0 Å². The van der Waals surface area contributed by atoms with Crippen molar-refractivity contribution in [3.05, 3.63) is 54.2 Å². The first kappa shape index (κ1) is 24.5. The van der Waals surface area contributed by atoms with E-state index in [2.05, 4.69) is 5.10 Å². The molecule has 1 saturated heterocycles. The number of rotatable bonds is 7. The summed E-state index contributed by atoms with van der Waals surface area (Å²) in [5, 5.41) is 5.06. The number of hydrogen-bond donors (Lipinski definition) is 0. The molecule has 0 atom stereocenters. The van der Waals surface area contributed by atoms with Crippen LogP contribution in [0.25, 0.3) is 10.9 Å². The molecule has 184 valence electrons. The van der Waals surface area contributed by atoms with Crippen LogP contribution in [0.1, 0.15) is 32.3 Å². The summed E-state index contributed by atoms with van der Waals surface area (Å²) in [4.78, 5) is -0.0664. The van der Waals surface area contributed by atoms with Crippen molar-refractivity contribution in [3.8, 4) is 0 Å². The highest BCUT2D eigenvalue weighted by Crippen LogP contribution is 2.39. The standard InChI is InChI=1S/C24H28F3N3O3S/c1-17(2)15-30(23-6-4-3-5-21(23)24(25,26)27)34(31,32)20-7-8-22-19(13-20)14-28-29(22)16-18-9-11-33-12-10-18/h3-8,13-14,17-18H,9-12,15-16H2,1-2H3. The number of alkyl halides is 3. The van der Waals surface area contributed by atoms with E-state index >= 15 is 0 Å². The molecule has 3 aromatic rings. The summed E-state index contributed by atoms with van der Waals surface area (Å²) in [5.41, 5.74) is -0.569. The maximum Gasteiger partial charge on any atom is 0.418 e. The van der Waals surface area contributed by atoms with Crippen LogP contribution in [-0.4, -0.2) is 38.0 Å². The Morgan fingerprint density at radius 2 is 1.85 bits per heavy atom. The van der Waals surface area contributed by atoms with Gasteiger partial charge in [-0.15, -0.1) is 0 Å². The van der Waals surface area contributed by atoms with Crippen LogP contribution in [0.5, 0.6) is 0 Å². The van der Waals surface area contributed by atoms with E-state index in [0.29, 0.717) is 17.8 Å². The van der Waals surface area contributed by atoms with Crippen molar-refractivity contribution < 1.29 is 26.3 Å². The topological polar surface area (TPSA) is 64.4 Å². The molecule has 1 aliphatic heterocycles. The molecule has 2 heterocycles. The number of ether oxygens (including phenoxy) is 1. The molecule has 0 aliphatic carbocycles. The van der Waals surface area contributed by atoms with Gasteiger partial charge in [0.05, 0.1) is 27.9 Å². The summed E-state index contributed by atoms with van der Waals surface area (Å²) < 4.78 is 76.5. The Morgan fingerprint density at radius 3 is 2.53 bits per heavy atom. The zero-order valence-electron chi connectivity index (χ0n) is 19.1. The molecule has 2 aromatic carbocycles. The molecule has 0 bridgehead atoms. The van der Waals surface area contributed by atoms with E-state index in [-0.39, 0.29) is 23.0 Å². The van der Waals surface area contributed by atoms with Crippen molar-refractivity contribution >= 4 is 26.6 Å². The minimum atomic E-state index is -4.68. The van der Waals surface area contributed by atoms with E-state index in [0.717, 1.165) is 41.9 Å². The van der Waals surface area contributed by atoms with Crippen LogP contribution in [0.4, 0.5) is 18.9 Å². The van der Waals surface area contributed by atoms with E-state index in [9.17, 15) is 21.6 Å². The number of nitrogens with zero attached hydrogens (tertiary/aromatic N) is 3. The number of fused-ring (bicyclic) bond motifs is 1. The normalized spacial score (nSPS) is 15.8. The van der Waals surface area contributed by atoms with Crippen LogP contribution in [-0.2, 0) is 27.5 Å². The molecule has 6 nitrogen and oxygen atoms in total. The summed E-state index contributed by atoms with van der Waals surface area (Å²) >= 11 is 0. The highest BCUT2D eigenvalue weighted by Gasteiger charge is 2.38. The van der Waals surface area contributed by atoms with Gasteiger partial charge in [-0.25, -0.2) is 8.42 Å². The van der Waals surface area contributed by atoms with Crippen LogP contribution in [0.15, 0.2) is 53.6 Å². The number of hydrogen-bond acceptors (Lipinski definition) is 4. The van der Waals surface area contributed by atoms with Crippen molar-refractivity contribution in [2.75, 3.05) is 24.1 Å². The quantitative estimate of drug-likeness (QED) is 0.444. The van der Waals surface area contributed by atoms with Gasteiger partial charge in [-0.05, 0) is 55.0 Å². The first-order valence-corrected chi connectivity index (χ1v) is 12.7. The highest BCUT2D eigenvalue weighted by molar-refractivity contribution is 7.92. The number of halogens is 3. The Kier molecular flexibility index (Phi) is 6.91. The summed E-state index contributed by atoms with van der Waals surface area (Å²) in [6, 6.07) is 9.39. The second-order valence-electron chi connectivity index (χ2n) is 9.05. The first-order valence-electron chi connectivity index (χ1n) is 11.3. The van der Waals surface area contributed by atoms with Gasteiger partial charge >= 0.3 is 6.18 Å². The van der Waals surface area contributed by atoms with Crippen molar-refractivity contribution in [2.45, 2.75) is 44.3 Å². The summed E-state index contributed by atoms with van der Waals surface area (Å²) in [5.74, 6) is 0.239. The van der Waals surface area contributed by atoms with Gasteiger partial charge in [-0.3, -0.25) is 8.99 Å². The van der Waals surface area contributed by atoms with E-state index in [1.54, 1.807) is 26.1 Å². The van der Waals surface area contributed by atoms with Crippen LogP contribution in [0.2, 0.25) is 0 Å². The predicted molar refractivity (Wildman–Crippen MR) is 124 cm³/mol. The molecule has 0 radical (unpaired) electrons. The van der Waals surface area contributed by atoms with Crippen LogP contribution >= 0.6 is 0 Å². The number of para-hydroxylation sites is 1. The highest BCUT2D eigenvalue weighted by atomic mass is 32.2. The van der Waals surface area contributed by atoms with E-state index in [4.69, 9.17) is 4.74 Å². The van der Waals surface area contributed by atoms with E-state index in [1.807, 2.05) is 4.68 Å². The van der Waals surface area contributed by atoms with Crippen LogP contribution in [0.3, 0.4) is 0 Å². The third-order valence-electron chi connectivity index (χ3n) is 5.98. The minimum Gasteiger partial charge on any atom is -0.381 e. The maximum atomic E-state index is 13.7. The monoisotopic (exact) mass is 495 g/mol. The molecular weight excluding hydrogens is 467 g/mol. The molecule has 0 unspecified atom stereocenters. The maximum absolute atomic E-state index is 13.7. The lowest BCUT2D eigenvalue weighted by Crippen LogP contribution is -2.35. The summed E-state index contributed by atoms with van der Waals surface area (Å²) in [6.45, 7) is 5.59.